The van der Waals surface area contributed by atoms with Crippen LogP contribution < -0.4 is 0 Å². The second-order valence-electron chi connectivity index (χ2n) is 4.19. The molecule has 1 unspecified atom stereocenters. The van der Waals surface area contributed by atoms with Crippen LogP contribution in [0.1, 0.15) is 26.7 Å². The Morgan fingerprint density at radius 2 is 2.33 bits per heavy atom. The maximum absolute atomic E-state index is 11.9. The molecule has 0 saturated carbocycles. The number of ether oxygens (including phenoxy) is 1. The van der Waals surface area contributed by atoms with Gasteiger partial charge in [0.1, 0.15) is 0 Å². The van der Waals surface area contributed by atoms with E-state index < -0.39 is 0 Å². The van der Waals surface area contributed by atoms with Crippen molar-refractivity contribution in [1.29, 1.82) is 0 Å². The van der Waals surface area contributed by atoms with Gasteiger partial charge >= 0.3 is 6.03 Å². The minimum atomic E-state index is 0.138. The summed E-state index contributed by atoms with van der Waals surface area (Å²) in [6.45, 7) is 7.09. The number of nitrogens with zero attached hydrogens (tertiary/aromatic N) is 2. The zero-order chi connectivity index (χ0) is 11.3. The Kier molecular flexibility index (Phi) is 4.88. The summed E-state index contributed by atoms with van der Waals surface area (Å²) in [6.07, 6.45) is 2.36. The molecule has 2 amide bonds. The average molecular weight is 214 g/mol. The minimum absolute atomic E-state index is 0.138. The van der Waals surface area contributed by atoms with E-state index in [1.54, 1.807) is 0 Å². The third kappa shape index (κ3) is 3.70. The lowest BCUT2D eigenvalue weighted by atomic mass is 10.3. The van der Waals surface area contributed by atoms with E-state index in [1.165, 1.54) is 0 Å². The molecule has 4 heteroatoms. The van der Waals surface area contributed by atoms with Crippen molar-refractivity contribution in [3.05, 3.63) is 0 Å². The highest BCUT2D eigenvalue weighted by Crippen LogP contribution is 2.07. The molecule has 0 bridgehead atoms. The van der Waals surface area contributed by atoms with Crippen LogP contribution >= 0.6 is 0 Å². The maximum Gasteiger partial charge on any atom is 0.319 e. The van der Waals surface area contributed by atoms with Crippen LogP contribution in [0.15, 0.2) is 0 Å². The molecule has 0 N–H and O–H groups in total. The number of unbranched alkanes of at least 4 members (excludes halogenated alkanes) is 1. The van der Waals surface area contributed by atoms with Crippen molar-refractivity contribution >= 4 is 6.03 Å². The fraction of sp³-hybridized carbons (Fsp3) is 0.909. The molecule has 1 rings (SSSR count). The van der Waals surface area contributed by atoms with Gasteiger partial charge in [-0.05, 0) is 13.3 Å². The highest BCUT2D eigenvalue weighted by Gasteiger charge is 2.23. The molecule has 1 fully saturated rings. The summed E-state index contributed by atoms with van der Waals surface area (Å²) in [7, 11) is 1.87. The van der Waals surface area contributed by atoms with Gasteiger partial charge in [-0.3, -0.25) is 0 Å². The summed E-state index contributed by atoms with van der Waals surface area (Å²) < 4.78 is 5.41. The summed E-state index contributed by atoms with van der Waals surface area (Å²) >= 11 is 0. The Morgan fingerprint density at radius 1 is 1.60 bits per heavy atom. The van der Waals surface area contributed by atoms with Crippen LogP contribution in [0.3, 0.4) is 0 Å². The van der Waals surface area contributed by atoms with Gasteiger partial charge in [-0.25, -0.2) is 4.79 Å². The van der Waals surface area contributed by atoms with Crippen molar-refractivity contribution in [2.24, 2.45) is 0 Å². The lowest BCUT2D eigenvalue weighted by Crippen LogP contribution is -2.49. The highest BCUT2D eigenvalue weighted by atomic mass is 16.5. The van der Waals surface area contributed by atoms with Gasteiger partial charge < -0.3 is 14.5 Å². The van der Waals surface area contributed by atoms with E-state index in [2.05, 4.69) is 6.92 Å². The van der Waals surface area contributed by atoms with Gasteiger partial charge in [0.05, 0.1) is 12.7 Å². The standard InChI is InChI=1S/C11H22N2O2/c1-4-5-6-12(3)11(14)13-7-8-15-10(2)9-13/h10H,4-9H2,1-3H3. The minimum Gasteiger partial charge on any atom is -0.375 e. The van der Waals surface area contributed by atoms with E-state index in [0.29, 0.717) is 6.61 Å². The molecule has 1 aliphatic heterocycles. The Morgan fingerprint density at radius 3 is 2.93 bits per heavy atom. The normalized spacial score (nSPS) is 21.5. The third-order valence-corrected chi connectivity index (χ3v) is 2.69. The Balaban J connectivity index is 2.37. The predicted molar refractivity (Wildman–Crippen MR) is 59.9 cm³/mol. The van der Waals surface area contributed by atoms with Crippen molar-refractivity contribution in [3.8, 4) is 0 Å². The summed E-state index contributed by atoms with van der Waals surface area (Å²) in [5.74, 6) is 0. The van der Waals surface area contributed by atoms with Gasteiger partial charge in [-0.15, -0.1) is 0 Å². The van der Waals surface area contributed by atoms with Gasteiger partial charge in [-0.1, -0.05) is 13.3 Å². The summed E-state index contributed by atoms with van der Waals surface area (Å²) in [5, 5.41) is 0. The molecule has 88 valence electrons. The molecule has 4 nitrogen and oxygen atoms in total. The molecule has 0 aromatic carbocycles. The van der Waals surface area contributed by atoms with E-state index in [0.717, 1.165) is 32.5 Å². The molecule has 1 saturated heterocycles. The zero-order valence-electron chi connectivity index (χ0n) is 10.0. The fourth-order valence-corrected chi connectivity index (χ4v) is 1.72. The molecule has 15 heavy (non-hydrogen) atoms. The molecule has 0 aliphatic carbocycles. The lowest BCUT2D eigenvalue weighted by Gasteiger charge is -2.34. The smallest absolute Gasteiger partial charge is 0.319 e. The van der Waals surface area contributed by atoms with E-state index in [1.807, 2.05) is 23.8 Å². The van der Waals surface area contributed by atoms with E-state index in [4.69, 9.17) is 4.74 Å². The summed E-state index contributed by atoms with van der Waals surface area (Å²) in [4.78, 5) is 15.6. The molecular formula is C11H22N2O2. The lowest BCUT2D eigenvalue weighted by molar-refractivity contribution is -0.00813. The first kappa shape index (κ1) is 12.3. The van der Waals surface area contributed by atoms with E-state index in [-0.39, 0.29) is 12.1 Å². The van der Waals surface area contributed by atoms with Crippen LogP contribution in [0, 0.1) is 0 Å². The molecular weight excluding hydrogens is 192 g/mol. The monoisotopic (exact) mass is 214 g/mol. The first-order valence-corrected chi connectivity index (χ1v) is 5.76. The second kappa shape index (κ2) is 5.95. The van der Waals surface area contributed by atoms with Crippen LogP contribution in [-0.4, -0.2) is 55.2 Å². The highest BCUT2D eigenvalue weighted by molar-refractivity contribution is 5.74. The number of urea groups is 1. The summed E-state index contributed by atoms with van der Waals surface area (Å²) in [5.41, 5.74) is 0. The summed E-state index contributed by atoms with van der Waals surface area (Å²) in [6, 6.07) is 0.138. The van der Waals surface area contributed by atoms with Crippen LogP contribution in [0.2, 0.25) is 0 Å². The van der Waals surface area contributed by atoms with Gasteiger partial charge in [0, 0.05) is 26.7 Å². The Labute approximate surface area is 92.2 Å². The Bertz CT molecular complexity index is 209. The topological polar surface area (TPSA) is 32.8 Å². The second-order valence-corrected chi connectivity index (χ2v) is 4.19. The number of hydrogen-bond acceptors (Lipinski definition) is 2. The van der Waals surface area contributed by atoms with Crippen LogP contribution in [0.25, 0.3) is 0 Å². The maximum atomic E-state index is 11.9. The van der Waals surface area contributed by atoms with Crippen molar-refractivity contribution in [2.75, 3.05) is 33.3 Å². The van der Waals surface area contributed by atoms with Crippen molar-refractivity contribution in [2.45, 2.75) is 32.8 Å². The molecule has 1 heterocycles. The van der Waals surface area contributed by atoms with Gasteiger partial charge in [0.25, 0.3) is 0 Å². The number of hydrogen-bond donors (Lipinski definition) is 0. The van der Waals surface area contributed by atoms with Gasteiger partial charge in [0.2, 0.25) is 0 Å². The first-order chi connectivity index (χ1) is 7.15. The van der Waals surface area contributed by atoms with Crippen LogP contribution in [0.4, 0.5) is 4.79 Å². The largest absolute Gasteiger partial charge is 0.375 e. The van der Waals surface area contributed by atoms with Gasteiger partial charge in [0.15, 0.2) is 0 Å². The van der Waals surface area contributed by atoms with E-state index >= 15 is 0 Å². The number of amides is 2. The van der Waals surface area contributed by atoms with Crippen LogP contribution in [-0.2, 0) is 4.74 Å². The van der Waals surface area contributed by atoms with E-state index in [9.17, 15) is 4.79 Å². The zero-order valence-corrected chi connectivity index (χ0v) is 10.0. The molecule has 1 atom stereocenters. The van der Waals surface area contributed by atoms with Crippen LogP contribution in [0.5, 0.6) is 0 Å². The fourth-order valence-electron chi connectivity index (χ4n) is 1.72. The number of rotatable bonds is 3. The Hall–Kier alpha value is -0.770. The predicted octanol–water partition coefficient (Wildman–Crippen LogP) is 1.56. The van der Waals surface area contributed by atoms with Crippen molar-refractivity contribution in [1.82, 2.24) is 9.80 Å². The number of carbonyl (C=O) groups excluding carboxylic acids is 1. The SMILES string of the molecule is CCCCN(C)C(=O)N1CCOC(C)C1. The molecule has 0 radical (unpaired) electrons. The molecule has 0 aromatic rings. The number of carbonyl (C=O) groups is 1. The van der Waals surface area contributed by atoms with Gasteiger partial charge in [-0.2, -0.15) is 0 Å². The molecule has 0 aromatic heterocycles. The average Bonchev–Trinajstić information content (AvgIpc) is 2.24. The first-order valence-electron chi connectivity index (χ1n) is 5.76. The quantitative estimate of drug-likeness (QED) is 0.714. The van der Waals surface area contributed by atoms with Crippen molar-refractivity contribution in [3.63, 3.8) is 0 Å². The molecule has 0 spiro atoms. The van der Waals surface area contributed by atoms with Crippen molar-refractivity contribution < 1.29 is 9.53 Å². The number of morpholine rings is 1. The molecule has 1 aliphatic rings. The third-order valence-electron chi connectivity index (χ3n) is 2.69.